The molecule has 0 aliphatic carbocycles. The van der Waals surface area contributed by atoms with Crippen molar-refractivity contribution in [2.75, 3.05) is 24.6 Å². The number of ether oxygens (including phenoxy) is 1. The molecule has 0 radical (unpaired) electrons. The monoisotopic (exact) mass is 391 g/mol. The van der Waals surface area contributed by atoms with Crippen molar-refractivity contribution >= 4 is 17.7 Å². The number of fused-ring (bicyclic) bond motifs is 1. The number of esters is 1. The zero-order valence-electron chi connectivity index (χ0n) is 16.7. The van der Waals surface area contributed by atoms with Crippen LogP contribution in [-0.2, 0) is 16.0 Å². The maximum atomic E-state index is 12.9. The maximum absolute atomic E-state index is 12.9. The van der Waals surface area contributed by atoms with Crippen LogP contribution in [-0.4, -0.2) is 31.7 Å². The summed E-state index contributed by atoms with van der Waals surface area (Å²) >= 11 is 0. The molecule has 2 amide bonds. The van der Waals surface area contributed by atoms with Gasteiger partial charge in [0.15, 0.2) is 0 Å². The number of rotatable bonds is 5. The molecule has 0 spiro atoms. The first-order valence-electron chi connectivity index (χ1n) is 9.94. The Hall–Kier alpha value is -3.28. The van der Waals surface area contributed by atoms with Gasteiger partial charge in [-0.25, -0.2) is 9.59 Å². The summed E-state index contributed by atoms with van der Waals surface area (Å²) in [5.41, 5.74) is 5.44. The third kappa shape index (κ3) is 3.83. The SMILES string of the molecule is CCOC(=O)C1=C(CN2CCc3ccccc32)NC(=O)NC1c1ccc(C)cc1. The average Bonchev–Trinajstić information content (AvgIpc) is 3.11. The van der Waals surface area contributed by atoms with Gasteiger partial charge in [-0.3, -0.25) is 0 Å². The molecule has 0 saturated carbocycles. The third-order valence-corrected chi connectivity index (χ3v) is 5.39. The van der Waals surface area contributed by atoms with Crippen LogP contribution >= 0.6 is 0 Å². The Morgan fingerprint density at radius 1 is 1.17 bits per heavy atom. The second kappa shape index (κ2) is 7.99. The van der Waals surface area contributed by atoms with Crippen molar-refractivity contribution in [2.24, 2.45) is 0 Å². The zero-order chi connectivity index (χ0) is 20.4. The molecule has 2 aromatic carbocycles. The summed E-state index contributed by atoms with van der Waals surface area (Å²) in [6.07, 6.45) is 0.950. The van der Waals surface area contributed by atoms with Gasteiger partial charge in [0, 0.05) is 12.2 Å². The first kappa shape index (κ1) is 19.1. The fourth-order valence-corrected chi connectivity index (χ4v) is 3.96. The first-order chi connectivity index (χ1) is 14.1. The van der Waals surface area contributed by atoms with E-state index in [0.29, 0.717) is 17.8 Å². The van der Waals surface area contributed by atoms with E-state index in [0.717, 1.165) is 29.8 Å². The Labute approximate surface area is 170 Å². The standard InChI is InChI=1S/C23H25N3O3/c1-3-29-22(27)20-18(14-26-13-12-16-6-4-5-7-19(16)26)24-23(28)25-21(20)17-10-8-15(2)9-11-17/h4-11,21H,3,12-14H2,1-2H3,(H2,24,25,28). The summed E-state index contributed by atoms with van der Waals surface area (Å²) < 4.78 is 5.35. The summed E-state index contributed by atoms with van der Waals surface area (Å²) in [6.45, 7) is 5.35. The highest BCUT2D eigenvalue weighted by atomic mass is 16.5. The van der Waals surface area contributed by atoms with E-state index < -0.39 is 12.0 Å². The Morgan fingerprint density at radius 2 is 1.93 bits per heavy atom. The van der Waals surface area contributed by atoms with Crippen LogP contribution in [0.3, 0.4) is 0 Å². The number of amides is 2. The van der Waals surface area contributed by atoms with Crippen LogP contribution in [0.25, 0.3) is 0 Å². The molecule has 6 nitrogen and oxygen atoms in total. The highest BCUT2D eigenvalue weighted by Crippen LogP contribution is 2.32. The van der Waals surface area contributed by atoms with E-state index >= 15 is 0 Å². The summed E-state index contributed by atoms with van der Waals surface area (Å²) in [5, 5.41) is 5.75. The largest absolute Gasteiger partial charge is 0.463 e. The van der Waals surface area contributed by atoms with Gasteiger partial charge in [0.1, 0.15) is 0 Å². The normalized spacial score (nSPS) is 18.2. The highest BCUT2D eigenvalue weighted by molar-refractivity contribution is 5.95. The summed E-state index contributed by atoms with van der Waals surface area (Å²) in [7, 11) is 0. The van der Waals surface area contributed by atoms with Gasteiger partial charge in [-0.15, -0.1) is 0 Å². The van der Waals surface area contributed by atoms with E-state index in [2.05, 4.69) is 27.7 Å². The number of nitrogens with one attached hydrogen (secondary N) is 2. The smallest absolute Gasteiger partial charge is 0.338 e. The first-order valence-corrected chi connectivity index (χ1v) is 9.94. The molecule has 2 aromatic rings. The molecule has 0 saturated heterocycles. The molecule has 0 bridgehead atoms. The minimum absolute atomic E-state index is 0.275. The van der Waals surface area contributed by atoms with Crippen LogP contribution < -0.4 is 15.5 Å². The Balaban J connectivity index is 1.73. The highest BCUT2D eigenvalue weighted by Gasteiger charge is 2.35. The number of urea groups is 1. The van der Waals surface area contributed by atoms with E-state index in [1.54, 1.807) is 6.92 Å². The second-order valence-corrected chi connectivity index (χ2v) is 7.36. The molecule has 1 atom stereocenters. The van der Waals surface area contributed by atoms with Crippen molar-refractivity contribution in [3.63, 3.8) is 0 Å². The number of carbonyl (C=O) groups is 2. The van der Waals surface area contributed by atoms with Crippen molar-refractivity contribution in [1.29, 1.82) is 0 Å². The maximum Gasteiger partial charge on any atom is 0.338 e. The molecule has 6 heteroatoms. The predicted octanol–water partition coefficient (Wildman–Crippen LogP) is 3.23. The average molecular weight is 391 g/mol. The van der Waals surface area contributed by atoms with Crippen LogP contribution in [0.2, 0.25) is 0 Å². The Morgan fingerprint density at radius 3 is 2.69 bits per heavy atom. The lowest BCUT2D eigenvalue weighted by Crippen LogP contribution is -2.48. The minimum atomic E-state index is -0.545. The fraction of sp³-hybridized carbons (Fsp3) is 0.304. The number of benzene rings is 2. The molecule has 0 aromatic heterocycles. The molecule has 150 valence electrons. The minimum Gasteiger partial charge on any atom is -0.463 e. The van der Waals surface area contributed by atoms with Crippen molar-refractivity contribution in [2.45, 2.75) is 26.3 Å². The predicted molar refractivity (Wildman–Crippen MR) is 112 cm³/mol. The van der Waals surface area contributed by atoms with Crippen molar-refractivity contribution in [3.05, 3.63) is 76.5 Å². The van der Waals surface area contributed by atoms with Gasteiger partial charge in [-0.05, 0) is 37.5 Å². The topological polar surface area (TPSA) is 70.7 Å². The lowest BCUT2D eigenvalue weighted by molar-refractivity contribution is -0.139. The van der Waals surface area contributed by atoms with Crippen LogP contribution in [0, 0.1) is 6.92 Å². The molecule has 2 heterocycles. The van der Waals surface area contributed by atoms with E-state index in [9.17, 15) is 9.59 Å². The number of para-hydroxylation sites is 1. The molecule has 4 rings (SSSR count). The van der Waals surface area contributed by atoms with Crippen molar-refractivity contribution in [3.8, 4) is 0 Å². The Bertz CT molecular complexity index is 966. The summed E-state index contributed by atoms with van der Waals surface area (Å²) in [5.74, 6) is -0.409. The number of aryl methyl sites for hydroxylation is 1. The molecular formula is C23H25N3O3. The van der Waals surface area contributed by atoms with Crippen LogP contribution in [0.5, 0.6) is 0 Å². The second-order valence-electron chi connectivity index (χ2n) is 7.36. The molecule has 2 aliphatic rings. The van der Waals surface area contributed by atoms with Crippen LogP contribution in [0.4, 0.5) is 10.5 Å². The van der Waals surface area contributed by atoms with Gasteiger partial charge in [0.2, 0.25) is 0 Å². The zero-order valence-corrected chi connectivity index (χ0v) is 16.7. The number of nitrogens with zero attached hydrogens (tertiary/aromatic N) is 1. The fourth-order valence-electron chi connectivity index (χ4n) is 3.96. The number of hydrogen-bond donors (Lipinski definition) is 2. The molecule has 2 aliphatic heterocycles. The van der Waals surface area contributed by atoms with Gasteiger partial charge < -0.3 is 20.3 Å². The van der Waals surface area contributed by atoms with Gasteiger partial charge in [-0.2, -0.15) is 0 Å². The van der Waals surface area contributed by atoms with Crippen LogP contribution in [0.15, 0.2) is 59.8 Å². The van der Waals surface area contributed by atoms with Crippen molar-refractivity contribution in [1.82, 2.24) is 10.6 Å². The molecular weight excluding hydrogens is 366 g/mol. The lowest BCUT2D eigenvalue weighted by Gasteiger charge is -2.31. The lowest BCUT2D eigenvalue weighted by atomic mass is 9.94. The molecule has 2 N–H and O–H groups in total. The number of hydrogen-bond acceptors (Lipinski definition) is 4. The summed E-state index contributed by atoms with van der Waals surface area (Å²) in [6, 6.07) is 15.2. The summed E-state index contributed by atoms with van der Waals surface area (Å²) in [4.78, 5) is 27.5. The van der Waals surface area contributed by atoms with Gasteiger partial charge in [-0.1, -0.05) is 48.0 Å². The van der Waals surface area contributed by atoms with Gasteiger partial charge >= 0.3 is 12.0 Å². The van der Waals surface area contributed by atoms with E-state index in [-0.39, 0.29) is 12.6 Å². The van der Waals surface area contributed by atoms with E-state index in [4.69, 9.17) is 4.74 Å². The van der Waals surface area contributed by atoms with Crippen molar-refractivity contribution < 1.29 is 14.3 Å². The number of carbonyl (C=O) groups excluding carboxylic acids is 2. The molecule has 0 fully saturated rings. The van der Waals surface area contributed by atoms with Crippen LogP contribution in [0.1, 0.15) is 29.7 Å². The third-order valence-electron chi connectivity index (χ3n) is 5.39. The Kier molecular flexibility index (Phi) is 5.25. The number of anilines is 1. The molecule has 1 unspecified atom stereocenters. The van der Waals surface area contributed by atoms with E-state index in [1.165, 1.54) is 5.56 Å². The van der Waals surface area contributed by atoms with Gasteiger partial charge in [0.05, 0.1) is 30.5 Å². The van der Waals surface area contributed by atoms with Gasteiger partial charge in [0.25, 0.3) is 0 Å². The van der Waals surface area contributed by atoms with E-state index in [1.807, 2.05) is 43.3 Å². The molecule has 29 heavy (non-hydrogen) atoms. The quantitative estimate of drug-likeness (QED) is 0.768.